The molecule has 2 aromatic heterocycles. The molecule has 1 aliphatic rings. The minimum atomic E-state index is -0.684. The molecule has 0 bridgehead atoms. The number of nitrogens with zero attached hydrogens (tertiary/aromatic N) is 2. The van der Waals surface area contributed by atoms with Gasteiger partial charge in [0.2, 0.25) is 0 Å². The number of likely N-dealkylation sites (tertiary alicyclic amines) is 1. The van der Waals surface area contributed by atoms with E-state index in [9.17, 15) is 4.79 Å². The number of hydrogen-bond acceptors (Lipinski definition) is 5. The fourth-order valence-corrected chi connectivity index (χ4v) is 3.49. The minimum Gasteiger partial charge on any atom is -0.481 e. The molecule has 0 amide bonds. The molecule has 5 nitrogen and oxygen atoms in total. The Hall–Kier alpha value is -1.66. The van der Waals surface area contributed by atoms with Crippen LogP contribution in [0.15, 0.2) is 28.2 Å². The van der Waals surface area contributed by atoms with E-state index in [-0.39, 0.29) is 0 Å². The van der Waals surface area contributed by atoms with Gasteiger partial charge < -0.3 is 9.52 Å². The van der Waals surface area contributed by atoms with E-state index >= 15 is 0 Å². The van der Waals surface area contributed by atoms with Gasteiger partial charge in [-0.05, 0) is 44.0 Å². The maximum atomic E-state index is 10.7. The second kappa shape index (κ2) is 6.41. The van der Waals surface area contributed by atoms with Crippen molar-refractivity contribution in [1.82, 2.24) is 9.88 Å². The lowest BCUT2D eigenvalue weighted by atomic mass is 9.93. The maximum absolute atomic E-state index is 10.7. The SMILES string of the molecule is O=C(O)CC1CCN(Cc2csc(-c3ccco3)n2)CC1. The molecule has 0 aliphatic carbocycles. The van der Waals surface area contributed by atoms with Crippen molar-refractivity contribution in [3.05, 3.63) is 29.5 Å². The Bertz CT molecular complexity index is 586. The number of carbonyl (C=O) groups is 1. The Labute approximate surface area is 127 Å². The summed E-state index contributed by atoms with van der Waals surface area (Å²) in [5.74, 6) is 0.454. The number of aromatic nitrogens is 1. The molecular weight excluding hydrogens is 288 g/mol. The largest absolute Gasteiger partial charge is 0.481 e. The summed E-state index contributed by atoms with van der Waals surface area (Å²) in [6.45, 7) is 2.73. The van der Waals surface area contributed by atoms with Crippen LogP contribution in [0, 0.1) is 5.92 Å². The van der Waals surface area contributed by atoms with Crippen molar-refractivity contribution in [3.63, 3.8) is 0 Å². The molecular formula is C15H18N2O3S. The highest BCUT2D eigenvalue weighted by Gasteiger charge is 2.21. The van der Waals surface area contributed by atoms with E-state index in [1.807, 2.05) is 12.1 Å². The first kappa shape index (κ1) is 14.3. The standard InChI is InChI=1S/C15H18N2O3S/c18-14(19)8-11-3-5-17(6-4-11)9-12-10-21-15(16-12)13-2-1-7-20-13/h1-2,7,10-11H,3-6,8-9H2,(H,18,19). The monoisotopic (exact) mass is 306 g/mol. The molecule has 1 aliphatic heterocycles. The Kier molecular flexibility index (Phi) is 4.36. The second-order valence-corrected chi connectivity index (χ2v) is 6.30. The lowest BCUT2D eigenvalue weighted by molar-refractivity contribution is -0.138. The van der Waals surface area contributed by atoms with Gasteiger partial charge in [0.25, 0.3) is 0 Å². The quantitative estimate of drug-likeness (QED) is 0.919. The van der Waals surface area contributed by atoms with E-state index in [1.54, 1.807) is 17.6 Å². The molecule has 21 heavy (non-hydrogen) atoms. The number of carboxylic acid groups (broad SMARTS) is 1. The van der Waals surface area contributed by atoms with Gasteiger partial charge in [-0.15, -0.1) is 11.3 Å². The number of thiazole rings is 1. The number of aliphatic carboxylic acids is 1. The lowest BCUT2D eigenvalue weighted by Crippen LogP contribution is -2.34. The van der Waals surface area contributed by atoms with Crippen LogP contribution in [0.1, 0.15) is 25.0 Å². The molecule has 0 spiro atoms. The Morgan fingerprint density at radius 2 is 2.29 bits per heavy atom. The first-order valence-corrected chi connectivity index (χ1v) is 8.01. The summed E-state index contributed by atoms with van der Waals surface area (Å²) in [5, 5.41) is 11.8. The van der Waals surface area contributed by atoms with E-state index < -0.39 is 5.97 Å². The fraction of sp³-hybridized carbons (Fsp3) is 0.467. The van der Waals surface area contributed by atoms with Crippen molar-refractivity contribution in [2.75, 3.05) is 13.1 Å². The molecule has 0 aromatic carbocycles. The molecule has 6 heteroatoms. The van der Waals surface area contributed by atoms with Crippen LogP contribution in [0.25, 0.3) is 10.8 Å². The molecule has 2 aromatic rings. The lowest BCUT2D eigenvalue weighted by Gasteiger charge is -2.30. The fourth-order valence-electron chi connectivity index (χ4n) is 2.72. The number of furan rings is 1. The Morgan fingerprint density at radius 3 is 2.95 bits per heavy atom. The van der Waals surface area contributed by atoms with Gasteiger partial charge in [-0.25, -0.2) is 4.98 Å². The highest BCUT2D eigenvalue weighted by molar-refractivity contribution is 7.13. The van der Waals surface area contributed by atoms with Crippen molar-refractivity contribution in [2.24, 2.45) is 5.92 Å². The minimum absolute atomic E-state index is 0.299. The average Bonchev–Trinajstić information content (AvgIpc) is 3.11. The van der Waals surface area contributed by atoms with Gasteiger partial charge in [-0.2, -0.15) is 0 Å². The van der Waals surface area contributed by atoms with Gasteiger partial charge in [-0.1, -0.05) is 0 Å². The van der Waals surface area contributed by atoms with Crippen LogP contribution in [-0.4, -0.2) is 34.0 Å². The van der Waals surface area contributed by atoms with Gasteiger partial charge in [0, 0.05) is 18.3 Å². The van der Waals surface area contributed by atoms with Gasteiger partial charge in [0.1, 0.15) is 0 Å². The van der Waals surface area contributed by atoms with Crippen molar-refractivity contribution >= 4 is 17.3 Å². The van der Waals surface area contributed by atoms with E-state index in [0.717, 1.165) is 48.9 Å². The first-order valence-electron chi connectivity index (χ1n) is 7.13. The summed E-state index contributed by atoms with van der Waals surface area (Å²) in [6.07, 6.45) is 3.87. The zero-order valence-electron chi connectivity index (χ0n) is 11.7. The van der Waals surface area contributed by atoms with Crippen LogP contribution in [-0.2, 0) is 11.3 Å². The molecule has 3 rings (SSSR count). The van der Waals surface area contributed by atoms with Crippen LogP contribution < -0.4 is 0 Å². The molecule has 0 unspecified atom stereocenters. The maximum Gasteiger partial charge on any atom is 0.303 e. The van der Waals surface area contributed by atoms with E-state index in [4.69, 9.17) is 9.52 Å². The zero-order valence-corrected chi connectivity index (χ0v) is 12.5. The molecule has 0 radical (unpaired) electrons. The highest BCUT2D eigenvalue weighted by atomic mass is 32.1. The van der Waals surface area contributed by atoms with Gasteiger partial charge in [0.05, 0.1) is 12.0 Å². The topological polar surface area (TPSA) is 66.6 Å². The van der Waals surface area contributed by atoms with Crippen molar-refractivity contribution < 1.29 is 14.3 Å². The van der Waals surface area contributed by atoms with Crippen LogP contribution in [0.2, 0.25) is 0 Å². The second-order valence-electron chi connectivity index (χ2n) is 5.44. The number of hydrogen-bond donors (Lipinski definition) is 1. The van der Waals surface area contributed by atoms with Gasteiger partial charge >= 0.3 is 5.97 Å². The van der Waals surface area contributed by atoms with Crippen LogP contribution in [0.3, 0.4) is 0 Å². The summed E-state index contributed by atoms with van der Waals surface area (Å²) in [6, 6.07) is 3.78. The molecule has 1 fully saturated rings. The summed E-state index contributed by atoms with van der Waals surface area (Å²) in [5.41, 5.74) is 1.06. The molecule has 1 N–H and O–H groups in total. The van der Waals surface area contributed by atoms with Crippen molar-refractivity contribution in [3.8, 4) is 10.8 Å². The Balaban J connectivity index is 1.53. The number of carboxylic acids is 1. The van der Waals surface area contributed by atoms with Crippen LogP contribution in [0.4, 0.5) is 0 Å². The summed E-state index contributed by atoms with van der Waals surface area (Å²) in [7, 11) is 0. The third kappa shape index (κ3) is 3.71. The van der Waals surface area contributed by atoms with Crippen LogP contribution in [0.5, 0.6) is 0 Å². The molecule has 1 saturated heterocycles. The smallest absolute Gasteiger partial charge is 0.303 e. The van der Waals surface area contributed by atoms with Crippen LogP contribution >= 0.6 is 11.3 Å². The van der Waals surface area contributed by atoms with Gasteiger partial charge in [-0.3, -0.25) is 9.69 Å². The highest BCUT2D eigenvalue weighted by Crippen LogP contribution is 2.26. The van der Waals surface area contributed by atoms with Crippen molar-refractivity contribution in [2.45, 2.75) is 25.8 Å². The summed E-state index contributed by atoms with van der Waals surface area (Å²) < 4.78 is 5.35. The third-order valence-corrected chi connectivity index (χ3v) is 4.75. The first-order chi connectivity index (χ1) is 10.2. The number of piperidine rings is 1. The average molecular weight is 306 g/mol. The Morgan fingerprint density at radius 1 is 1.48 bits per heavy atom. The third-order valence-electron chi connectivity index (χ3n) is 3.84. The summed E-state index contributed by atoms with van der Waals surface area (Å²) in [4.78, 5) is 17.7. The predicted octanol–water partition coefficient (Wildman–Crippen LogP) is 3.09. The normalized spacial score (nSPS) is 17.1. The van der Waals surface area contributed by atoms with E-state index in [2.05, 4.69) is 15.3 Å². The van der Waals surface area contributed by atoms with Crippen molar-refractivity contribution in [1.29, 1.82) is 0 Å². The zero-order chi connectivity index (χ0) is 14.7. The molecule has 0 atom stereocenters. The van der Waals surface area contributed by atoms with E-state index in [0.29, 0.717) is 12.3 Å². The molecule has 3 heterocycles. The van der Waals surface area contributed by atoms with Gasteiger partial charge in [0.15, 0.2) is 10.8 Å². The van der Waals surface area contributed by atoms with E-state index in [1.165, 1.54) is 0 Å². The summed E-state index contributed by atoms with van der Waals surface area (Å²) >= 11 is 1.60. The molecule has 0 saturated carbocycles. The molecule has 112 valence electrons. The predicted molar refractivity (Wildman–Crippen MR) is 80.1 cm³/mol. The number of rotatable bonds is 5.